The summed E-state index contributed by atoms with van der Waals surface area (Å²) in [4.78, 5) is 10.6. The minimum atomic E-state index is -0.348. The highest BCUT2D eigenvalue weighted by Gasteiger charge is 1.95. The molecule has 0 aliphatic heterocycles. The molecule has 0 aliphatic carbocycles. The van der Waals surface area contributed by atoms with E-state index in [1.807, 2.05) is 6.08 Å². The lowest BCUT2D eigenvalue weighted by atomic mass is 10.2. The third-order valence-corrected chi connectivity index (χ3v) is 1.49. The zero-order valence-electron chi connectivity index (χ0n) is 7.64. The molecule has 1 amide bonds. The van der Waals surface area contributed by atoms with Crippen molar-refractivity contribution < 1.29 is 9.53 Å². The fraction of sp³-hybridized carbons (Fsp3) is 0.667. The predicted octanol–water partition coefficient (Wildman–Crippen LogP) is 2.09. The summed E-state index contributed by atoms with van der Waals surface area (Å²) < 4.78 is 4.80. The van der Waals surface area contributed by atoms with Crippen LogP contribution in [-0.4, -0.2) is 19.7 Å². The van der Waals surface area contributed by atoms with Crippen LogP contribution in [0.1, 0.15) is 25.7 Å². The van der Waals surface area contributed by atoms with Crippen LogP contribution in [-0.2, 0) is 4.74 Å². The summed E-state index contributed by atoms with van der Waals surface area (Å²) in [5.41, 5.74) is 0. The molecule has 3 heteroatoms. The first-order valence-electron chi connectivity index (χ1n) is 4.26. The molecular formula is C9H17NO2. The Labute approximate surface area is 73.8 Å². The zero-order valence-corrected chi connectivity index (χ0v) is 7.64. The zero-order chi connectivity index (χ0) is 9.23. The van der Waals surface area contributed by atoms with Crippen LogP contribution in [0.25, 0.3) is 0 Å². The maximum atomic E-state index is 10.6. The van der Waals surface area contributed by atoms with Gasteiger partial charge in [0.2, 0.25) is 0 Å². The summed E-state index contributed by atoms with van der Waals surface area (Å²) in [5.74, 6) is 0. The molecule has 0 aliphatic rings. The lowest BCUT2D eigenvalue weighted by Crippen LogP contribution is -2.19. The standard InChI is InChI=1S/C9H17NO2/c1-3-4-5-6-7-8-12-9(11)10-2/h3H,1,4-8H2,2H3,(H,10,11). The lowest BCUT2D eigenvalue weighted by Gasteiger charge is -2.02. The van der Waals surface area contributed by atoms with Crippen molar-refractivity contribution in [2.24, 2.45) is 0 Å². The first-order valence-corrected chi connectivity index (χ1v) is 4.26. The monoisotopic (exact) mass is 171 g/mol. The van der Waals surface area contributed by atoms with E-state index < -0.39 is 0 Å². The minimum absolute atomic E-state index is 0.348. The van der Waals surface area contributed by atoms with E-state index in [4.69, 9.17) is 4.74 Å². The molecule has 0 spiro atoms. The third kappa shape index (κ3) is 7.12. The molecule has 70 valence electrons. The van der Waals surface area contributed by atoms with Gasteiger partial charge in [0.1, 0.15) is 0 Å². The molecular weight excluding hydrogens is 154 g/mol. The Balaban J connectivity index is 3.00. The molecule has 0 saturated carbocycles. The Morgan fingerprint density at radius 2 is 2.25 bits per heavy atom. The minimum Gasteiger partial charge on any atom is -0.450 e. The van der Waals surface area contributed by atoms with Crippen molar-refractivity contribution in [1.82, 2.24) is 5.32 Å². The van der Waals surface area contributed by atoms with Gasteiger partial charge in [-0.15, -0.1) is 6.58 Å². The van der Waals surface area contributed by atoms with Gasteiger partial charge in [0.05, 0.1) is 6.61 Å². The summed E-state index contributed by atoms with van der Waals surface area (Å²) in [6.07, 6.45) is 5.74. The van der Waals surface area contributed by atoms with E-state index >= 15 is 0 Å². The number of allylic oxidation sites excluding steroid dienone is 1. The Hall–Kier alpha value is -0.990. The molecule has 0 rings (SSSR count). The van der Waals surface area contributed by atoms with Crippen LogP contribution in [0.2, 0.25) is 0 Å². The van der Waals surface area contributed by atoms with Crippen LogP contribution < -0.4 is 5.32 Å². The van der Waals surface area contributed by atoms with Crippen LogP contribution >= 0.6 is 0 Å². The highest BCUT2D eigenvalue weighted by molar-refractivity contribution is 5.66. The third-order valence-electron chi connectivity index (χ3n) is 1.49. The van der Waals surface area contributed by atoms with Gasteiger partial charge in [-0.1, -0.05) is 6.08 Å². The Bertz CT molecular complexity index is 134. The first kappa shape index (κ1) is 11.0. The second-order valence-electron chi connectivity index (χ2n) is 2.52. The van der Waals surface area contributed by atoms with Gasteiger partial charge >= 0.3 is 6.09 Å². The number of amides is 1. The van der Waals surface area contributed by atoms with Crippen molar-refractivity contribution in [3.8, 4) is 0 Å². The Morgan fingerprint density at radius 1 is 1.50 bits per heavy atom. The maximum Gasteiger partial charge on any atom is 0.406 e. The van der Waals surface area contributed by atoms with E-state index in [1.165, 1.54) is 0 Å². The molecule has 1 N–H and O–H groups in total. The SMILES string of the molecule is C=CCCCCCOC(=O)NC. The predicted molar refractivity (Wildman–Crippen MR) is 49.1 cm³/mol. The maximum absolute atomic E-state index is 10.6. The summed E-state index contributed by atoms with van der Waals surface area (Å²) in [7, 11) is 1.56. The molecule has 0 aromatic heterocycles. The van der Waals surface area contributed by atoms with E-state index in [9.17, 15) is 4.79 Å². The highest BCUT2D eigenvalue weighted by Crippen LogP contribution is 1.99. The van der Waals surface area contributed by atoms with Gasteiger partial charge in [-0.25, -0.2) is 4.79 Å². The number of unbranched alkanes of at least 4 members (excludes halogenated alkanes) is 3. The van der Waals surface area contributed by atoms with Crippen molar-refractivity contribution >= 4 is 6.09 Å². The molecule has 0 radical (unpaired) electrons. The van der Waals surface area contributed by atoms with Crippen LogP contribution in [0.15, 0.2) is 12.7 Å². The quantitative estimate of drug-likeness (QED) is 0.491. The van der Waals surface area contributed by atoms with Crippen molar-refractivity contribution in [1.29, 1.82) is 0 Å². The molecule has 0 unspecified atom stereocenters. The van der Waals surface area contributed by atoms with Crippen molar-refractivity contribution in [2.45, 2.75) is 25.7 Å². The van der Waals surface area contributed by atoms with Gasteiger partial charge in [-0.05, 0) is 25.7 Å². The average molecular weight is 171 g/mol. The fourth-order valence-corrected chi connectivity index (χ4v) is 0.805. The smallest absolute Gasteiger partial charge is 0.406 e. The van der Waals surface area contributed by atoms with Crippen LogP contribution in [0.3, 0.4) is 0 Å². The van der Waals surface area contributed by atoms with Crippen LogP contribution in [0.5, 0.6) is 0 Å². The normalized spacial score (nSPS) is 9.08. The van der Waals surface area contributed by atoms with Crippen molar-refractivity contribution in [2.75, 3.05) is 13.7 Å². The van der Waals surface area contributed by atoms with Crippen molar-refractivity contribution in [3.05, 3.63) is 12.7 Å². The number of alkyl carbamates (subject to hydrolysis) is 1. The number of hydrogen-bond acceptors (Lipinski definition) is 2. The van der Waals surface area contributed by atoms with Gasteiger partial charge in [0.25, 0.3) is 0 Å². The van der Waals surface area contributed by atoms with Crippen molar-refractivity contribution in [3.63, 3.8) is 0 Å². The molecule has 0 aromatic carbocycles. The highest BCUT2D eigenvalue weighted by atomic mass is 16.5. The van der Waals surface area contributed by atoms with Crippen LogP contribution in [0.4, 0.5) is 4.79 Å². The van der Waals surface area contributed by atoms with E-state index in [0.717, 1.165) is 25.7 Å². The van der Waals surface area contributed by atoms with Gasteiger partial charge in [0.15, 0.2) is 0 Å². The fourth-order valence-electron chi connectivity index (χ4n) is 0.805. The molecule has 3 nitrogen and oxygen atoms in total. The number of hydrogen-bond donors (Lipinski definition) is 1. The number of carbonyl (C=O) groups is 1. The molecule has 0 aromatic rings. The van der Waals surface area contributed by atoms with Gasteiger partial charge in [-0.3, -0.25) is 0 Å². The molecule has 0 atom stereocenters. The molecule has 0 saturated heterocycles. The Morgan fingerprint density at radius 3 is 2.83 bits per heavy atom. The molecule has 0 heterocycles. The lowest BCUT2D eigenvalue weighted by molar-refractivity contribution is 0.146. The molecule has 0 fully saturated rings. The molecule has 0 bridgehead atoms. The van der Waals surface area contributed by atoms with Gasteiger partial charge < -0.3 is 10.1 Å². The largest absolute Gasteiger partial charge is 0.450 e. The Kier molecular flexibility index (Phi) is 7.44. The van der Waals surface area contributed by atoms with E-state index in [1.54, 1.807) is 7.05 Å². The average Bonchev–Trinajstić information content (AvgIpc) is 2.10. The van der Waals surface area contributed by atoms with Crippen LogP contribution in [0, 0.1) is 0 Å². The summed E-state index contributed by atoms with van der Waals surface area (Å²) in [5, 5.41) is 2.39. The number of nitrogens with one attached hydrogen (secondary N) is 1. The second-order valence-corrected chi connectivity index (χ2v) is 2.52. The molecule has 12 heavy (non-hydrogen) atoms. The summed E-state index contributed by atoms with van der Waals surface area (Å²) in [6.45, 7) is 4.14. The summed E-state index contributed by atoms with van der Waals surface area (Å²) >= 11 is 0. The number of carbonyl (C=O) groups excluding carboxylic acids is 1. The summed E-state index contributed by atoms with van der Waals surface area (Å²) in [6, 6.07) is 0. The second kappa shape index (κ2) is 8.11. The van der Waals surface area contributed by atoms with E-state index in [-0.39, 0.29) is 6.09 Å². The van der Waals surface area contributed by atoms with E-state index in [0.29, 0.717) is 6.61 Å². The number of ether oxygens (including phenoxy) is 1. The first-order chi connectivity index (χ1) is 5.81. The van der Waals surface area contributed by atoms with Gasteiger partial charge in [-0.2, -0.15) is 0 Å². The topological polar surface area (TPSA) is 38.3 Å². The number of rotatable bonds is 6. The van der Waals surface area contributed by atoms with Gasteiger partial charge in [0, 0.05) is 7.05 Å². The van der Waals surface area contributed by atoms with E-state index in [2.05, 4.69) is 11.9 Å².